The van der Waals surface area contributed by atoms with Gasteiger partial charge in [0, 0.05) is 12.6 Å². The van der Waals surface area contributed by atoms with Gasteiger partial charge in [0.1, 0.15) is 18.1 Å². The molecule has 1 aliphatic rings. The zero-order chi connectivity index (χ0) is 24.1. The van der Waals surface area contributed by atoms with Crippen LogP contribution in [0.4, 0.5) is 5.69 Å². The number of aromatic nitrogens is 3. The van der Waals surface area contributed by atoms with E-state index < -0.39 is 11.4 Å². The predicted octanol–water partition coefficient (Wildman–Crippen LogP) is 4.11. The Labute approximate surface area is 202 Å². The minimum Gasteiger partial charge on any atom is -0.497 e. The zero-order valence-electron chi connectivity index (χ0n) is 19.2. The number of ether oxygens (including phenoxy) is 4. The fraction of sp³-hybridized carbons (Fsp3) is 0.292. The Morgan fingerprint density at radius 1 is 1.26 bits per heavy atom. The quantitative estimate of drug-likeness (QED) is 0.360. The van der Waals surface area contributed by atoms with Crippen molar-refractivity contribution in [3.63, 3.8) is 0 Å². The molecule has 0 aliphatic carbocycles. The minimum atomic E-state index is -0.472. The van der Waals surface area contributed by atoms with Crippen molar-refractivity contribution < 1.29 is 23.7 Å². The Hall–Kier alpha value is -3.66. The molecule has 1 N–H and O–H groups in total. The van der Waals surface area contributed by atoms with E-state index in [9.17, 15) is 4.79 Å². The number of nitrogens with one attached hydrogen (secondary N) is 1. The van der Waals surface area contributed by atoms with Gasteiger partial charge in [0.2, 0.25) is 5.91 Å². The number of fused-ring (bicyclic) bond motifs is 1. The van der Waals surface area contributed by atoms with Crippen LogP contribution in [0.3, 0.4) is 0 Å². The molecule has 2 unspecified atom stereocenters. The van der Waals surface area contributed by atoms with Crippen LogP contribution in [0.5, 0.6) is 23.0 Å². The molecule has 9 nitrogen and oxygen atoms in total. The number of rotatable bonds is 9. The van der Waals surface area contributed by atoms with Gasteiger partial charge in [-0.25, -0.2) is 0 Å². The van der Waals surface area contributed by atoms with Gasteiger partial charge < -0.3 is 24.3 Å². The van der Waals surface area contributed by atoms with Crippen molar-refractivity contribution in [1.29, 1.82) is 0 Å². The average Bonchev–Trinajstić information content (AvgIpc) is 3.25. The highest BCUT2D eigenvalue weighted by Gasteiger charge is 2.29. The lowest BCUT2D eigenvalue weighted by Crippen LogP contribution is -2.25. The van der Waals surface area contributed by atoms with Gasteiger partial charge >= 0.3 is 0 Å². The van der Waals surface area contributed by atoms with E-state index in [4.69, 9.17) is 18.9 Å². The van der Waals surface area contributed by atoms with Gasteiger partial charge in [-0.15, -0.1) is 16.8 Å². The molecule has 34 heavy (non-hydrogen) atoms. The monoisotopic (exact) mass is 482 g/mol. The number of hydrogen-bond acceptors (Lipinski definition) is 8. The summed E-state index contributed by atoms with van der Waals surface area (Å²) in [6, 6.07) is 12.7. The van der Waals surface area contributed by atoms with E-state index >= 15 is 0 Å². The summed E-state index contributed by atoms with van der Waals surface area (Å²) in [5.74, 6) is 2.90. The molecule has 1 aromatic heterocycles. The zero-order valence-corrected chi connectivity index (χ0v) is 20.0. The topological polar surface area (TPSA) is 96.7 Å². The van der Waals surface area contributed by atoms with E-state index in [1.807, 2.05) is 28.8 Å². The van der Waals surface area contributed by atoms with Gasteiger partial charge in [0.25, 0.3) is 0 Å². The van der Waals surface area contributed by atoms with Crippen molar-refractivity contribution in [3.8, 4) is 23.0 Å². The Kier molecular flexibility index (Phi) is 7.27. The number of nitrogens with zero attached hydrogens (tertiary/aromatic N) is 3. The second-order valence-corrected chi connectivity index (χ2v) is 8.73. The summed E-state index contributed by atoms with van der Waals surface area (Å²) < 4.78 is 24.4. The number of para-hydroxylation sites is 2. The Balaban J connectivity index is 1.50. The molecule has 1 aliphatic heterocycles. The third-order valence-corrected chi connectivity index (χ3v) is 6.25. The molecule has 0 saturated carbocycles. The predicted molar refractivity (Wildman–Crippen MR) is 129 cm³/mol. The average molecular weight is 483 g/mol. The van der Waals surface area contributed by atoms with E-state index in [0.717, 1.165) is 0 Å². The lowest BCUT2D eigenvalue weighted by molar-refractivity contribution is -0.115. The molecule has 2 atom stereocenters. The third kappa shape index (κ3) is 4.96. The van der Waals surface area contributed by atoms with E-state index in [1.54, 1.807) is 45.4 Å². The smallest absolute Gasteiger partial charge is 0.237 e. The molecule has 2 aromatic carbocycles. The van der Waals surface area contributed by atoms with Gasteiger partial charge in [-0.1, -0.05) is 30.0 Å². The van der Waals surface area contributed by atoms with Crippen LogP contribution >= 0.6 is 11.8 Å². The molecule has 0 fully saturated rings. The minimum absolute atomic E-state index is 0.211. The van der Waals surface area contributed by atoms with E-state index in [-0.39, 0.29) is 5.91 Å². The first-order valence-corrected chi connectivity index (χ1v) is 11.5. The molecule has 10 heteroatoms. The third-order valence-electron chi connectivity index (χ3n) is 5.17. The van der Waals surface area contributed by atoms with Crippen LogP contribution in [0.2, 0.25) is 0 Å². The number of amides is 1. The number of benzene rings is 2. The number of allylic oxidation sites excluding steroid dienone is 1. The van der Waals surface area contributed by atoms with Gasteiger partial charge in [-0.2, -0.15) is 0 Å². The van der Waals surface area contributed by atoms with Crippen molar-refractivity contribution in [2.75, 3.05) is 26.1 Å². The Bertz CT molecular complexity index is 1180. The lowest BCUT2D eigenvalue weighted by Gasteiger charge is -2.26. The van der Waals surface area contributed by atoms with Crippen molar-refractivity contribution in [2.45, 2.75) is 30.0 Å². The van der Waals surface area contributed by atoms with Crippen LogP contribution in [0.25, 0.3) is 0 Å². The summed E-state index contributed by atoms with van der Waals surface area (Å²) in [7, 11) is 3.11. The maximum atomic E-state index is 12.9. The highest BCUT2D eigenvalue weighted by atomic mass is 32.2. The summed E-state index contributed by atoms with van der Waals surface area (Å²) >= 11 is 1.29. The molecule has 0 bridgehead atoms. The molecule has 4 rings (SSSR count). The van der Waals surface area contributed by atoms with Gasteiger partial charge in [-0.05, 0) is 31.2 Å². The molecular formula is C24H26N4O5S. The summed E-state index contributed by atoms with van der Waals surface area (Å²) in [6.45, 7) is 6.41. The summed E-state index contributed by atoms with van der Waals surface area (Å²) in [6.07, 6.45) is 1.32. The number of hydrogen-bond donors (Lipinski definition) is 1. The van der Waals surface area contributed by atoms with Crippen molar-refractivity contribution in [2.24, 2.45) is 0 Å². The SMILES string of the molecule is C=CCn1c(SC(C)C(=O)Nc2cc(OC)ccc2OC)nnc1C1COc2ccccc2O1. The van der Waals surface area contributed by atoms with Crippen LogP contribution in [0, 0.1) is 0 Å². The van der Waals surface area contributed by atoms with Crippen molar-refractivity contribution in [1.82, 2.24) is 14.8 Å². The van der Waals surface area contributed by atoms with Crippen LogP contribution in [-0.2, 0) is 11.3 Å². The molecule has 2 heterocycles. The molecule has 3 aromatic rings. The highest BCUT2D eigenvalue weighted by Crippen LogP contribution is 2.36. The van der Waals surface area contributed by atoms with Gasteiger partial charge in [-0.3, -0.25) is 9.36 Å². The normalized spacial score (nSPS) is 15.3. The number of anilines is 1. The first-order valence-electron chi connectivity index (χ1n) is 10.7. The largest absolute Gasteiger partial charge is 0.497 e. The first kappa shape index (κ1) is 23.5. The number of carbonyl (C=O) groups is 1. The van der Waals surface area contributed by atoms with Gasteiger partial charge in [0.15, 0.2) is 28.6 Å². The van der Waals surface area contributed by atoms with Gasteiger partial charge in [0.05, 0.1) is 25.2 Å². The molecule has 0 saturated heterocycles. The van der Waals surface area contributed by atoms with Crippen LogP contribution in [0.1, 0.15) is 18.9 Å². The van der Waals surface area contributed by atoms with Crippen LogP contribution in [0.15, 0.2) is 60.3 Å². The maximum Gasteiger partial charge on any atom is 0.237 e. The Morgan fingerprint density at radius 2 is 2.06 bits per heavy atom. The fourth-order valence-electron chi connectivity index (χ4n) is 3.43. The number of methoxy groups -OCH3 is 2. The fourth-order valence-corrected chi connectivity index (χ4v) is 4.30. The summed E-state index contributed by atoms with van der Waals surface area (Å²) in [5, 5.41) is 11.7. The Morgan fingerprint density at radius 3 is 2.79 bits per heavy atom. The van der Waals surface area contributed by atoms with Crippen molar-refractivity contribution >= 4 is 23.4 Å². The summed E-state index contributed by atoms with van der Waals surface area (Å²) in [5.41, 5.74) is 0.527. The second kappa shape index (κ2) is 10.5. The number of thioether (sulfide) groups is 1. The van der Waals surface area contributed by atoms with Crippen molar-refractivity contribution in [3.05, 3.63) is 60.9 Å². The molecule has 1 amide bonds. The molecule has 0 spiro atoms. The summed E-state index contributed by atoms with van der Waals surface area (Å²) in [4.78, 5) is 12.9. The molecule has 0 radical (unpaired) electrons. The van der Waals surface area contributed by atoms with Crippen LogP contribution in [-0.4, -0.2) is 46.7 Å². The lowest BCUT2D eigenvalue weighted by atomic mass is 10.2. The molecule has 178 valence electrons. The standard InChI is InChI=1S/C24H26N4O5S/c1-5-12-28-22(21-14-32-19-8-6-7-9-20(19)33-21)26-27-24(28)34-15(2)23(29)25-17-13-16(30-3)10-11-18(17)31-4/h5-11,13,15,21H,1,12,14H2,2-4H3,(H,25,29). The first-order chi connectivity index (χ1) is 16.5. The van der Waals surface area contributed by atoms with E-state index in [0.29, 0.717) is 52.8 Å². The second-order valence-electron chi connectivity index (χ2n) is 7.42. The van der Waals surface area contributed by atoms with E-state index in [2.05, 4.69) is 22.1 Å². The number of carbonyl (C=O) groups excluding carboxylic acids is 1. The highest BCUT2D eigenvalue weighted by molar-refractivity contribution is 8.00. The van der Waals surface area contributed by atoms with E-state index in [1.165, 1.54) is 11.8 Å². The maximum absolute atomic E-state index is 12.9. The van der Waals surface area contributed by atoms with Crippen LogP contribution < -0.4 is 24.3 Å². The molecular weight excluding hydrogens is 456 g/mol.